The number of rotatable bonds is 4. The molecule has 1 N–H and O–H groups in total. The molecule has 1 aliphatic rings. The van der Waals surface area contributed by atoms with Crippen molar-refractivity contribution in [1.29, 1.82) is 0 Å². The number of likely N-dealkylation sites (tertiary alicyclic amines) is 1. The summed E-state index contributed by atoms with van der Waals surface area (Å²) < 4.78 is 35.7. The second kappa shape index (κ2) is 7.64. The molecule has 1 fully saturated rings. The van der Waals surface area contributed by atoms with Crippen molar-refractivity contribution in [1.82, 2.24) is 4.90 Å². The summed E-state index contributed by atoms with van der Waals surface area (Å²) in [5.74, 6) is 0.223. The molecule has 0 unspecified atom stereocenters. The highest BCUT2D eigenvalue weighted by atomic mass is 79.9. The third-order valence-corrected chi connectivity index (χ3v) is 6.45. The zero-order chi connectivity index (χ0) is 20.6. The van der Waals surface area contributed by atoms with Crippen molar-refractivity contribution >= 4 is 54.4 Å². The number of nitrogens with zero attached hydrogens (tertiary/aromatic N) is 2. The van der Waals surface area contributed by atoms with Gasteiger partial charge in [0.15, 0.2) is 5.76 Å². The first kappa shape index (κ1) is 19.7. The molecule has 9 heteroatoms. The van der Waals surface area contributed by atoms with Crippen molar-refractivity contribution in [2.24, 2.45) is 4.40 Å². The Morgan fingerprint density at radius 3 is 2.79 bits per heavy atom. The topological polar surface area (TPSA) is 92.0 Å². The molecule has 1 aromatic heterocycles. The fourth-order valence-corrected chi connectivity index (χ4v) is 4.67. The van der Waals surface area contributed by atoms with E-state index in [4.69, 9.17) is 4.42 Å². The van der Waals surface area contributed by atoms with E-state index in [-0.39, 0.29) is 10.7 Å². The van der Waals surface area contributed by atoms with Gasteiger partial charge in [-0.2, -0.15) is 8.42 Å². The highest BCUT2D eigenvalue weighted by molar-refractivity contribution is 9.10. The number of hydrogen-bond acceptors (Lipinski definition) is 4. The fourth-order valence-electron chi connectivity index (χ4n) is 3.15. The molecule has 0 radical (unpaired) electrons. The molecule has 150 valence electrons. The van der Waals surface area contributed by atoms with Crippen molar-refractivity contribution in [2.75, 3.05) is 18.9 Å². The van der Waals surface area contributed by atoms with Crippen molar-refractivity contribution in [2.45, 2.75) is 17.7 Å². The van der Waals surface area contributed by atoms with Crippen molar-refractivity contribution in [3.63, 3.8) is 0 Å². The number of carbonyl (C=O) groups is 1. The summed E-state index contributed by atoms with van der Waals surface area (Å²) in [5.41, 5.74) is 0.934. The van der Waals surface area contributed by atoms with Gasteiger partial charge in [-0.05, 0) is 48.9 Å². The lowest BCUT2D eigenvalue weighted by molar-refractivity contribution is 0.0998. The van der Waals surface area contributed by atoms with Crippen molar-refractivity contribution in [3.05, 3.63) is 58.8 Å². The largest absolute Gasteiger partial charge is 0.451 e. The third-order valence-electron chi connectivity index (χ3n) is 4.65. The van der Waals surface area contributed by atoms with Gasteiger partial charge in [0.05, 0.1) is 4.90 Å². The summed E-state index contributed by atoms with van der Waals surface area (Å²) in [5, 5.41) is 3.47. The van der Waals surface area contributed by atoms with Gasteiger partial charge in [-0.1, -0.05) is 22.0 Å². The van der Waals surface area contributed by atoms with Crippen LogP contribution in [0.15, 0.2) is 66.7 Å². The minimum Gasteiger partial charge on any atom is -0.451 e. The van der Waals surface area contributed by atoms with E-state index in [0.717, 1.165) is 22.8 Å². The third kappa shape index (κ3) is 4.20. The molecule has 1 aliphatic heterocycles. The first-order valence-electron chi connectivity index (χ1n) is 8.97. The quantitative estimate of drug-likeness (QED) is 0.608. The molecular weight excluding hydrogens is 458 g/mol. The summed E-state index contributed by atoms with van der Waals surface area (Å²) in [4.78, 5) is 14.4. The molecule has 3 aromatic rings. The van der Waals surface area contributed by atoms with E-state index in [9.17, 15) is 13.2 Å². The van der Waals surface area contributed by atoms with Crippen LogP contribution in [-0.4, -0.2) is 38.7 Å². The highest BCUT2D eigenvalue weighted by Gasteiger charge is 2.21. The molecule has 1 saturated heterocycles. The molecule has 2 heterocycles. The van der Waals surface area contributed by atoms with Crippen LogP contribution in [0.25, 0.3) is 11.0 Å². The number of nitrogens with one attached hydrogen (secondary N) is 1. The number of amides is 1. The van der Waals surface area contributed by atoms with Gasteiger partial charge in [-0.25, -0.2) is 0 Å². The predicted octanol–water partition coefficient (Wildman–Crippen LogP) is 4.26. The SMILES string of the molecule is CN1CCC/C1=N\S(=O)(=O)c1cccc(NC(=O)c2cc3cc(Br)ccc3o2)c1. The van der Waals surface area contributed by atoms with Gasteiger partial charge in [0.25, 0.3) is 15.9 Å². The number of hydrogen-bond donors (Lipinski definition) is 1. The molecule has 1 amide bonds. The molecule has 0 atom stereocenters. The van der Waals surface area contributed by atoms with Gasteiger partial charge < -0.3 is 14.6 Å². The van der Waals surface area contributed by atoms with E-state index in [1.807, 2.05) is 24.1 Å². The van der Waals surface area contributed by atoms with Gasteiger partial charge >= 0.3 is 0 Å². The number of carbonyl (C=O) groups excluding carboxylic acids is 1. The molecular formula is C20H18BrN3O4S. The lowest BCUT2D eigenvalue weighted by atomic mass is 10.2. The second-order valence-corrected chi connectivity index (χ2v) is 9.30. The number of benzene rings is 2. The average Bonchev–Trinajstić information content (AvgIpc) is 3.27. The Morgan fingerprint density at radius 2 is 2.03 bits per heavy atom. The van der Waals surface area contributed by atoms with E-state index < -0.39 is 15.9 Å². The monoisotopic (exact) mass is 475 g/mol. The van der Waals surface area contributed by atoms with E-state index in [1.165, 1.54) is 12.1 Å². The van der Waals surface area contributed by atoms with Gasteiger partial charge in [-0.15, -0.1) is 4.40 Å². The van der Waals surface area contributed by atoms with E-state index in [2.05, 4.69) is 25.6 Å². The van der Waals surface area contributed by atoms with E-state index >= 15 is 0 Å². The zero-order valence-electron chi connectivity index (χ0n) is 15.6. The Balaban J connectivity index is 1.57. The maximum atomic E-state index is 12.6. The van der Waals surface area contributed by atoms with Gasteiger partial charge in [0.2, 0.25) is 0 Å². The van der Waals surface area contributed by atoms with Crippen LogP contribution in [0.4, 0.5) is 5.69 Å². The Hall–Kier alpha value is -2.65. The first-order chi connectivity index (χ1) is 13.8. The van der Waals surface area contributed by atoms with Gasteiger partial charge in [-0.3, -0.25) is 4.79 Å². The minimum atomic E-state index is -3.86. The number of amidine groups is 1. The second-order valence-electron chi connectivity index (χ2n) is 6.78. The van der Waals surface area contributed by atoms with Crippen LogP contribution >= 0.6 is 15.9 Å². The number of halogens is 1. The lowest BCUT2D eigenvalue weighted by Crippen LogP contribution is -2.20. The number of fused-ring (bicyclic) bond motifs is 1. The Labute approximate surface area is 176 Å². The lowest BCUT2D eigenvalue weighted by Gasteiger charge is -2.11. The average molecular weight is 476 g/mol. The standard InChI is InChI=1S/C20H18BrN3O4S/c1-24-9-3-6-19(24)23-29(26,27)16-5-2-4-15(12-16)22-20(25)18-11-13-10-14(21)7-8-17(13)28-18/h2,4-5,7-8,10-12H,3,6,9H2,1H3,(H,22,25)/b23-19+. The Kier molecular flexibility index (Phi) is 5.18. The van der Waals surface area contributed by atoms with Crippen LogP contribution in [0.5, 0.6) is 0 Å². The van der Waals surface area contributed by atoms with E-state index in [1.54, 1.807) is 24.3 Å². The van der Waals surface area contributed by atoms with Crippen molar-refractivity contribution < 1.29 is 17.6 Å². The molecule has 0 bridgehead atoms. The minimum absolute atomic E-state index is 0.0247. The first-order valence-corrected chi connectivity index (χ1v) is 11.2. The normalized spacial score (nSPS) is 15.9. The van der Waals surface area contributed by atoms with E-state index in [0.29, 0.717) is 23.5 Å². The van der Waals surface area contributed by atoms with Gasteiger partial charge in [0.1, 0.15) is 11.4 Å². The summed E-state index contributed by atoms with van der Waals surface area (Å²) >= 11 is 3.38. The zero-order valence-corrected chi connectivity index (χ0v) is 18.0. The number of furan rings is 1. The number of sulfonamides is 1. The maximum Gasteiger partial charge on any atom is 0.291 e. The van der Waals surface area contributed by atoms with Crippen LogP contribution < -0.4 is 5.32 Å². The molecule has 7 nitrogen and oxygen atoms in total. The summed E-state index contributed by atoms with van der Waals surface area (Å²) in [6.07, 6.45) is 1.52. The molecule has 4 rings (SSSR count). The highest BCUT2D eigenvalue weighted by Crippen LogP contribution is 2.25. The van der Waals surface area contributed by atoms with Crippen LogP contribution in [0.3, 0.4) is 0 Å². The smallest absolute Gasteiger partial charge is 0.291 e. The summed E-state index contributed by atoms with van der Waals surface area (Å²) in [7, 11) is -2.04. The summed E-state index contributed by atoms with van der Waals surface area (Å²) in [6, 6.07) is 13.1. The van der Waals surface area contributed by atoms with Crippen LogP contribution in [-0.2, 0) is 10.0 Å². The van der Waals surface area contributed by atoms with Crippen LogP contribution in [0, 0.1) is 0 Å². The molecule has 29 heavy (non-hydrogen) atoms. The predicted molar refractivity (Wildman–Crippen MR) is 115 cm³/mol. The van der Waals surface area contributed by atoms with Crippen LogP contribution in [0.1, 0.15) is 23.4 Å². The molecule has 0 spiro atoms. The van der Waals surface area contributed by atoms with Crippen molar-refractivity contribution in [3.8, 4) is 0 Å². The molecule has 2 aromatic carbocycles. The number of anilines is 1. The summed E-state index contributed by atoms with van der Waals surface area (Å²) in [6.45, 7) is 0.790. The maximum absolute atomic E-state index is 12.6. The van der Waals surface area contributed by atoms with Gasteiger partial charge in [0, 0.05) is 35.6 Å². The van der Waals surface area contributed by atoms with Crippen LogP contribution in [0.2, 0.25) is 0 Å². The fraction of sp³-hybridized carbons (Fsp3) is 0.200. The Morgan fingerprint density at radius 1 is 1.21 bits per heavy atom. The Bertz CT molecular complexity index is 1230. The molecule has 0 saturated carbocycles. The molecule has 0 aliphatic carbocycles.